The van der Waals surface area contributed by atoms with Crippen LogP contribution in [0.2, 0.25) is 0 Å². The van der Waals surface area contributed by atoms with Gasteiger partial charge in [-0.15, -0.1) is 0 Å². The van der Waals surface area contributed by atoms with Crippen LogP contribution in [0.15, 0.2) is 279 Å². The Morgan fingerprint density at radius 3 is 1.23 bits per heavy atom. The molecule has 1 nitrogen and oxygen atoms in total. The Hall–Kier alpha value is -9.56. The number of hydrogen-bond donors (Lipinski definition) is 0. The lowest BCUT2D eigenvalue weighted by atomic mass is 9.66. The van der Waals surface area contributed by atoms with Crippen LogP contribution in [0.5, 0.6) is 0 Å². The van der Waals surface area contributed by atoms with E-state index in [9.17, 15) is 0 Å². The summed E-state index contributed by atoms with van der Waals surface area (Å²) in [6.45, 7) is 24.1. The lowest BCUT2D eigenvalue weighted by molar-refractivity contribution is 0.163. The minimum Gasteiger partial charge on any atom is -0.310 e. The molecule has 0 saturated carbocycles. The summed E-state index contributed by atoms with van der Waals surface area (Å²) in [5.74, 6) is 1.60. The minimum absolute atomic E-state index is 0.127. The highest BCUT2D eigenvalue weighted by Crippen LogP contribution is 2.64. The molecule has 12 aromatic rings. The summed E-state index contributed by atoms with van der Waals surface area (Å²) in [5.41, 5.74) is 32.8. The van der Waals surface area contributed by atoms with E-state index in [1.54, 1.807) is 0 Å². The summed E-state index contributed by atoms with van der Waals surface area (Å²) < 4.78 is 0. The monoisotopic (exact) mass is 1180 g/mol. The maximum Gasteiger partial charge on any atom is 0.0725 e. The first-order valence-corrected chi connectivity index (χ1v) is 33.1. The van der Waals surface area contributed by atoms with Gasteiger partial charge < -0.3 is 4.90 Å². The summed E-state index contributed by atoms with van der Waals surface area (Å²) in [5, 5.41) is 0. The van der Waals surface area contributed by atoms with Gasteiger partial charge in [0.05, 0.1) is 5.41 Å². The highest BCUT2D eigenvalue weighted by Gasteiger charge is 2.52. The lowest BCUT2D eigenvalue weighted by Gasteiger charge is -2.39. The van der Waals surface area contributed by atoms with Crippen LogP contribution in [-0.4, -0.2) is 0 Å². The van der Waals surface area contributed by atoms with Gasteiger partial charge in [0.1, 0.15) is 0 Å². The number of benzene rings is 12. The Bertz CT molecular complexity index is 4720. The number of rotatable bonds is 12. The highest BCUT2D eigenvalue weighted by molar-refractivity contribution is 5.97. The molecule has 1 heteroatoms. The molecule has 0 bridgehead atoms. The third kappa shape index (κ3) is 9.83. The third-order valence-electron chi connectivity index (χ3n) is 21.7. The summed E-state index contributed by atoms with van der Waals surface area (Å²) in [6, 6.07) is 106. The van der Waals surface area contributed by atoms with Gasteiger partial charge in [0.25, 0.3) is 0 Å². The normalized spacial score (nSPS) is 15.8. The van der Waals surface area contributed by atoms with Gasteiger partial charge in [-0.1, -0.05) is 294 Å². The van der Waals surface area contributed by atoms with E-state index in [2.05, 4.69) is 353 Å². The first-order chi connectivity index (χ1) is 43.9. The van der Waals surface area contributed by atoms with Gasteiger partial charge in [0.2, 0.25) is 0 Å². The molecular formula is C90H81N. The van der Waals surface area contributed by atoms with E-state index in [0.29, 0.717) is 17.8 Å². The van der Waals surface area contributed by atoms with Crippen molar-refractivity contribution in [2.24, 2.45) is 22.7 Å². The fourth-order valence-corrected chi connectivity index (χ4v) is 15.7. The topological polar surface area (TPSA) is 3.24 Å². The maximum atomic E-state index is 2.54. The quantitative estimate of drug-likeness (QED) is 0.118. The molecule has 3 aliphatic rings. The molecule has 446 valence electrons. The summed E-state index contributed by atoms with van der Waals surface area (Å²) in [4.78, 5) is 2.43. The molecule has 12 aromatic carbocycles. The Morgan fingerprint density at radius 1 is 0.297 bits per heavy atom. The van der Waals surface area contributed by atoms with E-state index in [4.69, 9.17) is 0 Å². The minimum atomic E-state index is -0.480. The van der Waals surface area contributed by atoms with E-state index in [1.807, 2.05) is 0 Å². The van der Waals surface area contributed by atoms with Gasteiger partial charge in [-0.2, -0.15) is 0 Å². The fourth-order valence-electron chi connectivity index (χ4n) is 15.7. The molecule has 0 aliphatic heterocycles. The van der Waals surface area contributed by atoms with Crippen molar-refractivity contribution in [1.82, 2.24) is 0 Å². The second-order valence-corrected chi connectivity index (χ2v) is 29.1. The molecule has 4 unspecified atom stereocenters. The summed E-state index contributed by atoms with van der Waals surface area (Å²) in [7, 11) is 0. The van der Waals surface area contributed by atoms with E-state index in [-0.39, 0.29) is 16.2 Å². The smallest absolute Gasteiger partial charge is 0.0725 e. The molecule has 0 heterocycles. The standard InChI is InChI=1S/C90H81N/c1-58(87(3,4)5)52-80(59(2)88(6,7)8)65-40-38-64(39-41-65)70-45-50-79-76-30-16-19-33-83(76)90(86(79)56-70)82-32-18-15-29-75(82)78-49-44-69(55-85(78)90)63-36-34-62(35-37-63)66-24-20-25-67(53-66)68-26-21-27-72(54-68)91(71-46-42-61(43-47-71)60-22-12-11-13-23-60)73-48-51-77-74-28-14-17-31-81(74)89(9,10)84(77)57-73/h11-51,53-59,80H,52H2,1-10H3. The Kier molecular flexibility index (Phi) is 14.1. The SMILES string of the molecule is CC(CC(c1ccc(-c2ccc3c(c2)C2(c4ccccc4-c4ccc(-c5ccc(-c6cccc(-c7cccc(N(c8ccc(-c9ccccc9)cc8)c8ccc9c(c8)C(C)(C)c8ccccc8-9)c7)c6)cc5)cc42)c2ccccc2-3)cc1)C(C)C(C)(C)C)C(C)(C)C. The zero-order chi connectivity index (χ0) is 62.6. The maximum absolute atomic E-state index is 2.54. The molecule has 0 N–H and O–H groups in total. The van der Waals surface area contributed by atoms with Crippen molar-refractivity contribution in [2.75, 3.05) is 4.90 Å². The molecular weight excluding hydrogens is 1090 g/mol. The van der Waals surface area contributed by atoms with Crippen LogP contribution in [0.1, 0.15) is 121 Å². The van der Waals surface area contributed by atoms with Crippen LogP contribution >= 0.6 is 0 Å². The first kappa shape index (κ1) is 57.9. The molecule has 0 aromatic heterocycles. The molecule has 0 amide bonds. The Morgan fingerprint density at radius 2 is 0.670 bits per heavy atom. The molecule has 0 radical (unpaired) electrons. The predicted octanol–water partition coefficient (Wildman–Crippen LogP) is 25.0. The van der Waals surface area contributed by atoms with E-state index in [1.165, 1.54) is 134 Å². The fraction of sp³-hybridized carbons (Fsp3) is 0.200. The number of nitrogens with zero attached hydrogens (tertiary/aromatic N) is 1. The van der Waals surface area contributed by atoms with E-state index >= 15 is 0 Å². The second kappa shape index (κ2) is 22.1. The molecule has 0 fully saturated rings. The van der Waals surface area contributed by atoms with Gasteiger partial charge in [0, 0.05) is 22.5 Å². The van der Waals surface area contributed by atoms with Crippen molar-refractivity contribution in [3.05, 3.63) is 318 Å². The van der Waals surface area contributed by atoms with Crippen molar-refractivity contribution >= 4 is 17.1 Å². The zero-order valence-electron chi connectivity index (χ0n) is 54.4. The Labute approximate surface area is 540 Å². The zero-order valence-corrected chi connectivity index (χ0v) is 54.4. The highest BCUT2D eigenvalue weighted by atomic mass is 15.1. The van der Waals surface area contributed by atoms with Crippen molar-refractivity contribution in [2.45, 2.75) is 92.4 Å². The van der Waals surface area contributed by atoms with Crippen LogP contribution in [0, 0.1) is 22.7 Å². The van der Waals surface area contributed by atoms with Crippen LogP contribution < -0.4 is 4.90 Å². The van der Waals surface area contributed by atoms with Gasteiger partial charge in [-0.3, -0.25) is 0 Å². The lowest BCUT2D eigenvalue weighted by Crippen LogP contribution is -2.28. The third-order valence-corrected chi connectivity index (χ3v) is 21.7. The van der Waals surface area contributed by atoms with Gasteiger partial charge in [-0.05, 0) is 218 Å². The molecule has 3 aliphatic carbocycles. The number of fused-ring (bicyclic) bond motifs is 13. The molecule has 15 rings (SSSR count). The van der Waals surface area contributed by atoms with Crippen LogP contribution in [0.25, 0.3) is 89.0 Å². The summed E-state index contributed by atoms with van der Waals surface area (Å²) >= 11 is 0. The predicted molar refractivity (Wildman–Crippen MR) is 387 cm³/mol. The average molecular weight is 1180 g/mol. The van der Waals surface area contributed by atoms with Gasteiger partial charge in [0.15, 0.2) is 0 Å². The average Bonchev–Trinajstić information content (AvgIpc) is 1.51. The molecule has 4 atom stereocenters. The molecule has 91 heavy (non-hydrogen) atoms. The molecule has 0 saturated heterocycles. The molecule has 1 spiro atoms. The summed E-state index contributed by atoms with van der Waals surface area (Å²) in [6.07, 6.45) is 1.18. The number of hydrogen-bond acceptors (Lipinski definition) is 1. The van der Waals surface area contributed by atoms with Crippen molar-refractivity contribution in [3.63, 3.8) is 0 Å². The van der Waals surface area contributed by atoms with Crippen LogP contribution in [-0.2, 0) is 10.8 Å². The first-order valence-electron chi connectivity index (χ1n) is 33.1. The number of anilines is 3. The second-order valence-electron chi connectivity index (χ2n) is 29.1. The van der Waals surface area contributed by atoms with Crippen LogP contribution in [0.4, 0.5) is 17.1 Å². The van der Waals surface area contributed by atoms with Crippen molar-refractivity contribution in [3.8, 4) is 89.0 Å². The van der Waals surface area contributed by atoms with Gasteiger partial charge in [-0.25, -0.2) is 0 Å². The van der Waals surface area contributed by atoms with Crippen LogP contribution in [0.3, 0.4) is 0 Å². The largest absolute Gasteiger partial charge is 0.310 e. The van der Waals surface area contributed by atoms with E-state index < -0.39 is 5.41 Å². The Balaban J connectivity index is 0.758. The van der Waals surface area contributed by atoms with E-state index in [0.717, 1.165) is 17.1 Å². The van der Waals surface area contributed by atoms with Gasteiger partial charge >= 0.3 is 0 Å². The van der Waals surface area contributed by atoms with Crippen molar-refractivity contribution < 1.29 is 0 Å². The van der Waals surface area contributed by atoms with Crippen molar-refractivity contribution in [1.29, 1.82) is 0 Å².